The van der Waals surface area contributed by atoms with Crippen LogP contribution in [-0.2, 0) is 21.4 Å². The normalized spacial score (nSPS) is 11.3. The SMILES string of the molecule is CS(=O)(=O)N(CCCC(=O)NCc1ccco1)c1ccc(F)c(F)c1. The number of carbonyl (C=O) groups excluding carboxylic acids is 1. The summed E-state index contributed by atoms with van der Waals surface area (Å²) in [6.45, 7) is 0.211. The monoisotopic (exact) mass is 372 g/mol. The molecule has 1 aromatic carbocycles. The van der Waals surface area contributed by atoms with E-state index in [0.717, 1.165) is 22.7 Å². The average Bonchev–Trinajstić information content (AvgIpc) is 3.05. The summed E-state index contributed by atoms with van der Waals surface area (Å²) in [6.07, 6.45) is 2.75. The summed E-state index contributed by atoms with van der Waals surface area (Å²) in [5.41, 5.74) is 0.0115. The number of anilines is 1. The maximum Gasteiger partial charge on any atom is 0.232 e. The third kappa shape index (κ3) is 5.56. The average molecular weight is 372 g/mol. The van der Waals surface area contributed by atoms with Crippen LogP contribution >= 0.6 is 0 Å². The Bertz CT molecular complexity index is 823. The third-order valence-corrected chi connectivity index (χ3v) is 4.59. The number of sulfonamides is 1. The predicted octanol–water partition coefficient (Wildman–Crippen LogP) is 2.42. The van der Waals surface area contributed by atoms with E-state index in [1.807, 2.05) is 0 Å². The summed E-state index contributed by atoms with van der Waals surface area (Å²) >= 11 is 0. The smallest absolute Gasteiger partial charge is 0.232 e. The molecule has 0 aliphatic carbocycles. The van der Waals surface area contributed by atoms with Crippen LogP contribution in [0, 0.1) is 11.6 Å². The molecule has 0 radical (unpaired) electrons. The highest BCUT2D eigenvalue weighted by Crippen LogP contribution is 2.21. The Labute approximate surface area is 144 Å². The fourth-order valence-electron chi connectivity index (χ4n) is 2.20. The number of rotatable bonds is 8. The molecule has 25 heavy (non-hydrogen) atoms. The molecule has 136 valence electrons. The first kappa shape index (κ1) is 18.9. The van der Waals surface area contributed by atoms with Crippen LogP contribution < -0.4 is 9.62 Å². The molecule has 1 heterocycles. The van der Waals surface area contributed by atoms with E-state index in [9.17, 15) is 22.0 Å². The Hall–Kier alpha value is -2.42. The molecular formula is C16H18F2N2O4S. The molecule has 1 amide bonds. The zero-order valence-corrected chi connectivity index (χ0v) is 14.4. The molecule has 0 saturated carbocycles. The van der Waals surface area contributed by atoms with Gasteiger partial charge < -0.3 is 9.73 Å². The molecule has 0 aliphatic rings. The fraction of sp³-hybridized carbons (Fsp3) is 0.312. The van der Waals surface area contributed by atoms with Crippen molar-refractivity contribution in [2.24, 2.45) is 0 Å². The van der Waals surface area contributed by atoms with Crippen LogP contribution in [0.2, 0.25) is 0 Å². The number of furan rings is 1. The summed E-state index contributed by atoms with van der Waals surface area (Å²) in [5, 5.41) is 2.64. The minimum atomic E-state index is -3.70. The van der Waals surface area contributed by atoms with Gasteiger partial charge in [-0.05, 0) is 30.7 Å². The van der Waals surface area contributed by atoms with Crippen LogP contribution in [-0.4, -0.2) is 27.1 Å². The second kappa shape index (κ2) is 8.11. The molecule has 0 fully saturated rings. The fourth-order valence-corrected chi connectivity index (χ4v) is 3.15. The Balaban J connectivity index is 1.92. The van der Waals surface area contributed by atoms with Gasteiger partial charge >= 0.3 is 0 Å². The van der Waals surface area contributed by atoms with Crippen molar-refractivity contribution >= 4 is 21.6 Å². The molecule has 1 aromatic heterocycles. The van der Waals surface area contributed by atoms with Gasteiger partial charge in [-0.25, -0.2) is 17.2 Å². The minimum Gasteiger partial charge on any atom is -0.467 e. The zero-order chi connectivity index (χ0) is 18.4. The number of hydrogen-bond donors (Lipinski definition) is 1. The summed E-state index contributed by atoms with van der Waals surface area (Å²) in [7, 11) is -3.70. The zero-order valence-electron chi connectivity index (χ0n) is 13.5. The van der Waals surface area contributed by atoms with E-state index in [1.165, 1.54) is 12.3 Å². The van der Waals surface area contributed by atoms with Crippen LogP contribution in [0.25, 0.3) is 0 Å². The third-order valence-electron chi connectivity index (χ3n) is 3.40. The maximum atomic E-state index is 13.3. The van der Waals surface area contributed by atoms with Gasteiger partial charge in [0, 0.05) is 19.0 Å². The molecule has 0 atom stereocenters. The van der Waals surface area contributed by atoms with E-state index < -0.39 is 21.7 Å². The van der Waals surface area contributed by atoms with Gasteiger partial charge in [0.15, 0.2) is 11.6 Å². The molecule has 6 nitrogen and oxygen atoms in total. The highest BCUT2D eigenvalue weighted by atomic mass is 32.2. The molecule has 0 spiro atoms. The van der Waals surface area contributed by atoms with Crippen molar-refractivity contribution in [1.29, 1.82) is 0 Å². The Morgan fingerprint density at radius 2 is 2.00 bits per heavy atom. The number of nitrogens with zero attached hydrogens (tertiary/aromatic N) is 1. The van der Waals surface area contributed by atoms with Gasteiger partial charge in [0.25, 0.3) is 0 Å². The molecule has 0 bridgehead atoms. The topological polar surface area (TPSA) is 79.6 Å². The highest BCUT2D eigenvalue weighted by molar-refractivity contribution is 7.92. The standard InChI is InChI=1S/C16H18F2N2O4S/c1-25(22,23)20(12-6-7-14(17)15(18)10-12)8-2-5-16(21)19-11-13-4-3-9-24-13/h3-4,6-7,9-10H,2,5,8,11H2,1H3,(H,19,21). The summed E-state index contributed by atoms with van der Waals surface area (Å²) in [4.78, 5) is 11.8. The lowest BCUT2D eigenvalue weighted by molar-refractivity contribution is -0.121. The van der Waals surface area contributed by atoms with Crippen LogP contribution in [0.4, 0.5) is 14.5 Å². The largest absolute Gasteiger partial charge is 0.467 e. The maximum absolute atomic E-state index is 13.3. The van der Waals surface area contributed by atoms with Gasteiger partial charge in [-0.2, -0.15) is 0 Å². The van der Waals surface area contributed by atoms with Crippen molar-refractivity contribution in [2.45, 2.75) is 19.4 Å². The van der Waals surface area contributed by atoms with Gasteiger partial charge in [0.2, 0.25) is 15.9 Å². The molecule has 2 aromatic rings. The highest BCUT2D eigenvalue weighted by Gasteiger charge is 2.19. The van der Waals surface area contributed by atoms with E-state index in [-0.39, 0.29) is 37.5 Å². The van der Waals surface area contributed by atoms with Crippen molar-refractivity contribution in [3.8, 4) is 0 Å². The van der Waals surface area contributed by atoms with E-state index in [0.29, 0.717) is 5.76 Å². The van der Waals surface area contributed by atoms with Crippen molar-refractivity contribution in [3.63, 3.8) is 0 Å². The minimum absolute atomic E-state index is 0.0115. The van der Waals surface area contributed by atoms with Gasteiger partial charge in [-0.3, -0.25) is 9.10 Å². The molecule has 0 aliphatic heterocycles. The van der Waals surface area contributed by atoms with Crippen molar-refractivity contribution in [3.05, 3.63) is 54.0 Å². The second-order valence-electron chi connectivity index (χ2n) is 5.39. The number of hydrogen-bond acceptors (Lipinski definition) is 4. The molecule has 0 saturated heterocycles. The Morgan fingerprint density at radius 3 is 2.60 bits per heavy atom. The van der Waals surface area contributed by atoms with Crippen LogP contribution in [0.1, 0.15) is 18.6 Å². The van der Waals surface area contributed by atoms with Crippen molar-refractivity contribution in [2.75, 3.05) is 17.1 Å². The first-order valence-corrected chi connectivity index (χ1v) is 9.34. The molecule has 1 N–H and O–H groups in total. The van der Waals surface area contributed by atoms with Crippen molar-refractivity contribution < 1.29 is 26.4 Å². The first-order chi connectivity index (χ1) is 11.8. The Kier molecular flexibility index (Phi) is 6.13. The number of halogens is 2. The number of nitrogens with one attached hydrogen (secondary N) is 1. The molecule has 0 unspecified atom stereocenters. The van der Waals surface area contributed by atoms with Gasteiger partial charge in [-0.1, -0.05) is 0 Å². The van der Waals surface area contributed by atoms with Gasteiger partial charge in [0.1, 0.15) is 5.76 Å². The molecular weight excluding hydrogens is 354 g/mol. The van der Waals surface area contributed by atoms with E-state index in [2.05, 4.69) is 5.32 Å². The second-order valence-corrected chi connectivity index (χ2v) is 7.30. The predicted molar refractivity (Wildman–Crippen MR) is 88.3 cm³/mol. The summed E-state index contributed by atoms with van der Waals surface area (Å²) < 4.78 is 56.1. The van der Waals surface area contributed by atoms with E-state index in [4.69, 9.17) is 4.42 Å². The Morgan fingerprint density at radius 1 is 1.24 bits per heavy atom. The summed E-state index contributed by atoms with van der Waals surface area (Å²) in [6, 6.07) is 6.27. The van der Waals surface area contributed by atoms with Gasteiger partial charge in [-0.15, -0.1) is 0 Å². The van der Waals surface area contributed by atoms with E-state index >= 15 is 0 Å². The number of amides is 1. The molecule has 9 heteroatoms. The lowest BCUT2D eigenvalue weighted by atomic mass is 10.2. The quantitative estimate of drug-likeness (QED) is 0.772. The number of carbonyl (C=O) groups is 1. The van der Waals surface area contributed by atoms with Crippen LogP contribution in [0.5, 0.6) is 0 Å². The lowest BCUT2D eigenvalue weighted by Gasteiger charge is -2.22. The van der Waals surface area contributed by atoms with Gasteiger partial charge in [0.05, 0.1) is 24.8 Å². The van der Waals surface area contributed by atoms with E-state index in [1.54, 1.807) is 12.1 Å². The summed E-state index contributed by atoms with van der Waals surface area (Å²) in [5.74, 6) is -1.86. The first-order valence-electron chi connectivity index (χ1n) is 7.49. The number of benzene rings is 1. The molecule has 2 rings (SSSR count). The van der Waals surface area contributed by atoms with Crippen molar-refractivity contribution in [1.82, 2.24) is 5.32 Å². The van der Waals surface area contributed by atoms with Crippen LogP contribution in [0.3, 0.4) is 0 Å². The lowest BCUT2D eigenvalue weighted by Crippen LogP contribution is -2.32. The van der Waals surface area contributed by atoms with Crippen LogP contribution in [0.15, 0.2) is 41.0 Å².